The molecule has 1 saturated carbocycles. The number of halogens is 4. The highest BCUT2D eigenvalue weighted by Gasteiger charge is 2.23. The number of rotatable bonds is 6. The van der Waals surface area contributed by atoms with E-state index in [1.807, 2.05) is 13.0 Å². The molecule has 0 N–H and O–H groups in total. The van der Waals surface area contributed by atoms with E-state index in [1.54, 1.807) is 6.07 Å². The van der Waals surface area contributed by atoms with Gasteiger partial charge in [0.15, 0.2) is 17.4 Å². The predicted molar refractivity (Wildman–Crippen MR) is 99.2 cm³/mol. The molecule has 0 atom stereocenters. The number of hydrogen-bond donors (Lipinski definition) is 0. The molecule has 0 heterocycles. The fourth-order valence-electron chi connectivity index (χ4n) is 4.06. The van der Waals surface area contributed by atoms with Crippen molar-refractivity contribution in [2.75, 3.05) is 0 Å². The maximum absolute atomic E-state index is 14.4. The fraction of sp³-hybridized carbons (Fsp3) is 0.455. The van der Waals surface area contributed by atoms with Gasteiger partial charge in [-0.1, -0.05) is 30.4 Å². The third-order valence-corrected chi connectivity index (χ3v) is 5.51. The Labute approximate surface area is 157 Å². The molecule has 1 fully saturated rings. The Morgan fingerprint density at radius 3 is 2.52 bits per heavy atom. The van der Waals surface area contributed by atoms with E-state index in [1.165, 1.54) is 12.5 Å². The molecule has 1 nitrogen and oxygen atoms in total. The van der Waals surface area contributed by atoms with Crippen molar-refractivity contribution >= 4 is 10.8 Å². The standard InChI is InChI=1S/C22H24F4O/c1-2-3-4-5-14-6-8-15(9-7-14)16-10-11-18-17(12-16)13-19(23)21(20(18)24)27-22(25)26/h2-3,10-15,22H,4-9H2,1H3/b3-2+. The molecular formula is C22H24F4O. The Hall–Kier alpha value is -2.04. The summed E-state index contributed by atoms with van der Waals surface area (Å²) in [6.45, 7) is -1.24. The first-order chi connectivity index (χ1) is 13.0. The molecule has 0 amide bonds. The van der Waals surface area contributed by atoms with Gasteiger partial charge in [0.2, 0.25) is 0 Å². The van der Waals surface area contributed by atoms with Crippen LogP contribution in [0.3, 0.4) is 0 Å². The van der Waals surface area contributed by atoms with Gasteiger partial charge in [-0.05, 0) is 74.3 Å². The molecule has 0 spiro atoms. The highest BCUT2D eigenvalue weighted by Crippen LogP contribution is 2.39. The molecule has 0 radical (unpaired) electrons. The first-order valence-corrected chi connectivity index (χ1v) is 9.47. The van der Waals surface area contributed by atoms with E-state index < -0.39 is 24.0 Å². The average Bonchev–Trinajstić information content (AvgIpc) is 2.65. The van der Waals surface area contributed by atoms with Crippen LogP contribution in [0.15, 0.2) is 36.4 Å². The number of benzene rings is 2. The zero-order chi connectivity index (χ0) is 19.4. The molecule has 146 valence electrons. The summed E-state index contributed by atoms with van der Waals surface area (Å²) in [5, 5.41) is 0.468. The van der Waals surface area contributed by atoms with Gasteiger partial charge in [0.25, 0.3) is 0 Å². The molecular weight excluding hydrogens is 356 g/mol. The lowest BCUT2D eigenvalue weighted by Crippen LogP contribution is -2.13. The van der Waals surface area contributed by atoms with Crippen LogP contribution >= 0.6 is 0 Å². The van der Waals surface area contributed by atoms with Gasteiger partial charge in [-0.3, -0.25) is 0 Å². The zero-order valence-electron chi connectivity index (χ0n) is 15.4. The summed E-state index contributed by atoms with van der Waals surface area (Å²) >= 11 is 0. The van der Waals surface area contributed by atoms with Crippen molar-refractivity contribution in [1.29, 1.82) is 0 Å². The monoisotopic (exact) mass is 380 g/mol. The van der Waals surface area contributed by atoms with E-state index in [4.69, 9.17) is 0 Å². The Bertz CT molecular complexity index is 808. The summed E-state index contributed by atoms with van der Waals surface area (Å²) in [6, 6.07) is 6.21. The Kier molecular flexibility index (Phi) is 6.40. The van der Waals surface area contributed by atoms with Gasteiger partial charge in [0, 0.05) is 5.39 Å². The topological polar surface area (TPSA) is 9.23 Å². The fourth-order valence-corrected chi connectivity index (χ4v) is 4.06. The lowest BCUT2D eigenvalue weighted by atomic mass is 9.77. The minimum absolute atomic E-state index is 0.0934. The summed E-state index contributed by atoms with van der Waals surface area (Å²) in [5.74, 6) is -2.10. The van der Waals surface area contributed by atoms with Gasteiger partial charge in [0.05, 0.1) is 0 Å². The number of fused-ring (bicyclic) bond motifs is 1. The van der Waals surface area contributed by atoms with Crippen LogP contribution < -0.4 is 4.74 Å². The van der Waals surface area contributed by atoms with Crippen LogP contribution in [0.5, 0.6) is 5.75 Å². The summed E-state index contributed by atoms with van der Waals surface area (Å²) in [7, 11) is 0. The summed E-state index contributed by atoms with van der Waals surface area (Å²) in [5.41, 5.74) is 1.05. The molecule has 2 aromatic rings. The largest absolute Gasteiger partial charge is 0.429 e. The van der Waals surface area contributed by atoms with E-state index in [2.05, 4.69) is 16.9 Å². The van der Waals surface area contributed by atoms with Crippen molar-refractivity contribution in [1.82, 2.24) is 0 Å². The van der Waals surface area contributed by atoms with Crippen molar-refractivity contribution in [3.8, 4) is 5.75 Å². The van der Waals surface area contributed by atoms with Crippen LogP contribution in [0.1, 0.15) is 56.9 Å². The van der Waals surface area contributed by atoms with Crippen LogP contribution in [-0.2, 0) is 0 Å². The lowest BCUT2D eigenvalue weighted by Gasteiger charge is -2.29. The Balaban J connectivity index is 1.76. The van der Waals surface area contributed by atoms with Crippen LogP contribution in [0, 0.1) is 17.6 Å². The summed E-state index contributed by atoms with van der Waals surface area (Å²) in [6.07, 6.45) is 11.0. The molecule has 1 aliphatic rings. The minimum atomic E-state index is -3.27. The lowest BCUT2D eigenvalue weighted by molar-refractivity contribution is -0.0544. The number of allylic oxidation sites excluding steroid dienone is 2. The molecule has 5 heteroatoms. The van der Waals surface area contributed by atoms with Gasteiger partial charge in [0.1, 0.15) is 0 Å². The van der Waals surface area contributed by atoms with Gasteiger partial charge < -0.3 is 4.74 Å². The SMILES string of the molecule is C/C=C/CCC1CCC(c2ccc3c(F)c(OC(F)F)c(F)cc3c2)CC1. The van der Waals surface area contributed by atoms with Crippen molar-refractivity contribution in [2.45, 2.75) is 58.0 Å². The molecule has 3 rings (SSSR count). The van der Waals surface area contributed by atoms with E-state index in [0.717, 1.165) is 49.7 Å². The molecule has 2 aromatic carbocycles. The smallest absolute Gasteiger partial charge is 0.387 e. The van der Waals surface area contributed by atoms with E-state index in [0.29, 0.717) is 11.3 Å². The molecule has 0 saturated heterocycles. The van der Waals surface area contributed by atoms with Crippen molar-refractivity contribution < 1.29 is 22.3 Å². The van der Waals surface area contributed by atoms with Crippen molar-refractivity contribution in [3.63, 3.8) is 0 Å². The second kappa shape index (κ2) is 8.77. The number of alkyl halides is 2. The van der Waals surface area contributed by atoms with Crippen LogP contribution in [-0.4, -0.2) is 6.61 Å². The predicted octanol–water partition coefficient (Wildman–Crippen LogP) is 7.35. The number of ether oxygens (including phenoxy) is 1. The quantitative estimate of drug-likeness (QED) is 0.376. The second-order valence-corrected chi connectivity index (χ2v) is 7.22. The van der Waals surface area contributed by atoms with E-state index >= 15 is 0 Å². The molecule has 1 aliphatic carbocycles. The molecule has 0 aromatic heterocycles. The number of hydrogen-bond acceptors (Lipinski definition) is 1. The summed E-state index contributed by atoms with van der Waals surface area (Å²) < 4.78 is 57.1. The van der Waals surface area contributed by atoms with Crippen LogP contribution in [0.2, 0.25) is 0 Å². The Morgan fingerprint density at radius 1 is 1.11 bits per heavy atom. The maximum Gasteiger partial charge on any atom is 0.387 e. The molecule has 0 bridgehead atoms. The van der Waals surface area contributed by atoms with Crippen LogP contribution in [0.4, 0.5) is 17.6 Å². The van der Waals surface area contributed by atoms with Gasteiger partial charge in [-0.15, -0.1) is 0 Å². The van der Waals surface area contributed by atoms with Gasteiger partial charge in [-0.25, -0.2) is 8.78 Å². The van der Waals surface area contributed by atoms with Crippen molar-refractivity contribution in [3.05, 3.63) is 53.6 Å². The normalized spacial score (nSPS) is 20.7. The first kappa shape index (κ1) is 19.7. The minimum Gasteiger partial charge on any atom is -0.429 e. The van der Waals surface area contributed by atoms with Gasteiger partial charge in [-0.2, -0.15) is 8.78 Å². The average molecular weight is 380 g/mol. The Morgan fingerprint density at radius 2 is 1.85 bits per heavy atom. The highest BCUT2D eigenvalue weighted by molar-refractivity contribution is 5.85. The third kappa shape index (κ3) is 4.63. The van der Waals surface area contributed by atoms with Gasteiger partial charge >= 0.3 is 6.61 Å². The zero-order valence-corrected chi connectivity index (χ0v) is 15.4. The van der Waals surface area contributed by atoms with E-state index in [-0.39, 0.29) is 5.39 Å². The highest BCUT2D eigenvalue weighted by atomic mass is 19.3. The van der Waals surface area contributed by atoms with Crippen LogP contribution in [0.25, 0.3) is 10.8 Å². The second-order valence-electron chi connectivity index (χ2n) is 7.22. The summed E-state index contributed by atoms with van der Waals surface area (Å²) in [4.78, 5) is 0. The molecule has 0 unspecified atom stereocenters. The van der Waals surface area contributed by atoms with Crippen molar-refractivity contribution in [2.24, 2.45) is 5.92 Å². The first-order valence-electron chi connectivity index (χ1n) is 9.47. The molecule has 27 heavy (non-hydrogen) atoms. The molecule has 0 aliphatic heterocycles. The maximum atomic E-state index is 14.4. The third-order valence-electron chi connectivity index (χ3n) is 5.51. The van der Waals surface area contributed by atoms with E-state index in [9.17, 15) is 17.6 Å².